The van der Waals surface area contributed by atoms with E-state index in [9.17, 15) is 14.7 Å². The number of aliphatic hydroxyl groups excluding tert-OH is 1. The molecular formula is C40H44N4O5. The van der Waals surface area contributed by atoms with E-state index in [2.05, 4.69) is 62.9 Å². The molecule has 3 N–H and O–H groups in total. The summed E-state index contributed by atoms with van der Waals surface area (Å²) in [6.07, 6.45) is 1.36. The van der Waals surface area contributed by atoms with Crippen LogP contribution in [0.1, 0.15) is 60.8 Å². The molecule has 3 heterocycles. The van der Waals surface area contributed by atoms with Crippen LogP contribution < -0.4 is 15.5 Å². The smallest absolute Gasteiger partial charge is 0.247 e. The molecule has 1 spiro atoms. The van der Waals surface area contributed by atoms with E-state index in [1.807, 2.05) is 60.7 Å². The SMILES string of the molecule is CC(=O)NCc1ccccc1-c1ccc([C@H]2O[C@@H](CN3CCC4(CC3)C(=O)NCN4c3ccccc3)C[C@@H](c3ccc(CO)cc3)O2)cc1. The number of benzene rings is 4. The third-order valence-corrected chi connectivity index (χ3v) is 10.2. The Hall–Kier alpha value is -4.54. The van der Waals surface area contributed by atoms with Crippen LogP contribution in [0.15, 0.2) is 103 Å². The molecule has 4 aromatic rings. The van der Waals surface area contributed by atoms with Crippen molar-refractivity contribution in [2.24, 2.45) is 0 Å². The number of anilines is 1. The van der Waals surface area contributed by atoms with Crippen LogP contribution in [0.25, 0.3) is 11.1 Å². The van der Waals surface area contributed by atoms with E-state index in [0.29, 0.717) is 19.6 Å². The number of aliphatic hydroxyl groups is 1. The van der Waals surface area contributed by atoms with E-state index in [-0.39, 0.29) is 30.6 Å². The molecule has 0 saturated carbocycles. The third-order valence-electron chi connectivity index (χ3n) is 10.2. The first-order valence-corrected chi connectivity index (χ1v) is 17.2. The van der Waals surface area contributed by atoms with Gasteiger partial charge in [-0.15, -0.1) is 0 Å². The molecule has 9 heteroatoms. The second-order valence-corrected chi connectivity index (χ2v) is 13.3. The fraction of sp³-hybridized carbons (Fsp3) is 0.350. The van der Waals surface area contributed by atoms with Crippen molar-refractivity contribution in [3.63, 3.8) is 0 Å². The van der Waals surface area contributed by atoms with E-state index in [0.717, 1.165) is 71.5 Å². The van der Waals surface area contributed by atoms with Gasteiger partial charge in [0.25, 0.3) is 0 Å². The van der Waals surface area contributed by atoms with Crippen molar-refractivity contribution in [3.05, 3.63) is 125 Å². The van der Waals surface area contributed by atoms with Gasteiger partial charge in [-0.2, -0.15) is 0 Å². The predicted molar refractivity (Wildman–Crippen MR) is 188 cm³/mol. The van der Waals surface area contributed by atoms with Crippen molar-refractivity contribution in [1.82, 2.24) is 15.5 Å². The molecule has 0 radical (unpaired) electrons. The zero-order valence-electron chi connectivity index (χ0n) is 27.9. The number of likely N-dealkylation sites (tertiary alicyclic amines) is 1. The number of piperidine rings is 1. The summed E-state index contributed by atoms with van der Waals surface area (Å²) in [5.41, 5.74) is 6.56. The van der Waals surface area contributed by atoms with Crippen LogP contribution in [-0.4, -0.2) is 59.8 Å². The number of hydrogen-bond acceptors (Lipinski definition) is 7. The van der Waals surface area contributed by atoms with Crippen LogP contribution in [0.4, 0.5) is 5.69 Å². The normalized spacial score (nSPS) is 22.2. The van der Waals surface area contributed by atoms with E-state index >= 15 is 0 Å². The number of hydrogen-bond donors (Lipinski definition) is 3. The monoisotopic (exact) mass is 660 g/mol. The molecule has 7 rings (SSSR count). The summed E-state index contributed by atoms with van der Waals surface area (Å²) in [6, 6.07) is 34.5. The molecule has 4 aromatic carbocycles. The van der Waals surface area contributed by atoms with Gasteiger partial charge in [0.1, 0.15) is 5.54 Å². The second-order valence-electron chi connectivity index (χ2n) is 13.3. The fourth-order valence-corrected chi connectivity index (χ4v) is 7.45. The van der Waals surface area contributed by atoms with Crippen molar-refractivity contribution in [1.29, 1.82) is 0 Å². The second kappa shape index (κ2) is 14.5. The average Bonchev–Trinajstić information content (AvgIpc) is 3.46. The van der Waals surface area contributed by atoms with Crippen LogP contribution >= 0.6 is 0 Å². The molecule has 3 saturated heterocycles. The summed E-state index contributed by atoms with van der Waals surface area (Å²) in [4.78, 5) is 29.5. The topological polar surface area (TPSA) is 103 Å². The van der Waals surface area contributed by atoms with Crippen LogP contribution in [0.2, 0.25) is 0 Å². The highest BCUT2D eigenvalue weighted by atomic mass is 16.7. The summed E-state index contributed by atoms with van der Waals surface area (Å²) < 4.78 is 13.3. The highest BCUT2D eigenvalue weighted by Gasteiger charge is 2.50. The van der Waals surface area contributed by atoms with Crippen molar-refractivity contribution < 1.29 is 24.2 Å². The average molecular weight is 661 g/mol. The zero-order chi connectivity index (χ0) is 33.8. The minimum Gasteiger partial charge on any atom is -0.392 e. The lowest BCUT2D eigenvalue weighted by Crippen LogP contribution is -2.57. The minimum atomic E-state index is -0.560. The summed E-state index contributed by atoms with van der Waals surface area (Å²) in [6.45, 7) is 4.85. The Morgan fingerprint density at radius 2 is 1.59 bits per heavy atom. The first-order valence-electron chi connectivity index (χ1n) is 17.2. The molecule has 3 aliphatic rings. The van der Waals surface area contributed by atoms with E-state index in [1.54, 1.807) is 0 Å². The van der Waals surface area contributed by atoms with E-state index < -0.39 is 11.8 Å². The summed E-state index contributed by atoms with van der Waals surface area (Å²) in [7, 11) is 0. The fourth-order valence-electron chi connectivity index (χ4n) is 7.45. The van der Waals surface area contributed by atoms with Gasteiger partial charge in [-0.05, 0) is 52.8 Å². The Bertz CT molecular complexity index is 1740. The molecule has 3 aliphatic heterocycles. The summed E-state index contributed by atoms with van der Waals surface area (Å²) >= 11 is 0. The van der Waals surface area contributed by atoms with Crippen LogP contribution in [0.5, 0.6) is 0 Å². The first-order chi connectivity index (χ1) is 23.9. The molecule has 9 nitrogen and oxygen atoms in total. The van der Waals surface area contributed by atoms with Gasteiger partial charge < -0.3 is 35.0 Å². The quantitative estimate of drug-likeness (QED) is 0.219. The number of amides is 2. The van der Waals surface area contributed by atoms with Crippen LogP contribution in [0.3, 0.4) is 0 Å². The maximum atomic E-state index is 13.2. The molecule has 0 unspecified atom stereocenters. The van der Waals surface area contributed by atoms with Gasteiger partial charge in [-0.1, -0.05) is 91.0 Å². The van der Waals surface area contributed by atoms with Crippen LogP contribution in [0, 0.1) is 0 Å². The van der Waals surface area contributed by atoms with Crippen molar-refractivity contribution in [3.8, 4) is 11.1 Å². The van der Waals surface area contributed by atoms with Gasteiger partial charge in [0.15, 0.2) is 6.29 Å². The first kappa shape index (κ1) is 33.0. The number of carbonyl (C=O) groups is 2. The molecule has 3 fully saturated rings. The largest absolute Gasteiger partial charge is 0.392 e. The Kier molecular flexibility index (Phi) is 9.77. The molecule has 2 amide bonds. The van der Waals surface area contributed by atoms with E-state index in [4.69, 9.17) is 9.47 Å². The highest BCUT2D eigenvalue weighted by Crippen LogP contribution is 2.40. The zero-order valence-corrected chi connectivity index (χ0v) is 27.9. The van der Waals surface area contributed by atoms with Gasteiger partial charge in [0.05, 0.1) is 25.5 Å². The van der Waals surface area contributed by atoms with Crippen LogP contribution in [-0.2, 0) is 32.2 Å². The lowest BCUT2D eigenvalue weighted by atomic mass is 9.85. The minimum absolute atomic E-state index is 0.00334. The van der Waals surface area contributed by atoms with Gasteiger partial charge in [0, 0.05) is 50.8 Å². The number of para-hydroxylation sites is 1. The summed E-state index contributed by atoms with van der Waals surface area (Å²) in [5.74, 6) is 0.0556. The number of carbonyl (C=O) groups excluding carboxylic acids is 2. The molecule has 254 valence electrons. The molecule has 3 atom stereocenters. The maximum absolute atomic E-state index is 13.2. The Morgan fingerprint density at radius 1 is 0.898 bits per heavy atom. The Balaban J connectivity index is 1.08. The maximum Gasteiger partial charge on any atom is 0.247 e. The van der Waals surface area contributed by atoms with Crippen molar-refractivity contribution in [2.45, 2.75) is 63.4 Å². The van der Waals surface area contributed by atoms with Crippen molar-refractivity contribution >= 4 is 17.5 Å². The number of ether oxygens (including phenoxy) is 2. The molecule has 0 aliphatic carbocycles. The predicted octanol–water partition coefficient (Wildman–Crippen LogP) is 5.46. The number of rotatable bonds is 9. The number of nitrogens with zero attached hydrogens (tertiary/aromatic N) is 2. The molecule has 49 heavy (non-hydrogen) atoms. The molecule has 0 aromatic heterocycles. The Morgan fingerprint density at radius 3 is 2.31 bits per heavy atom. The van der Waals surface area contributed by atoms with Gasteiger partial charge >= 0.3 is 0 Å². The van der Waals surface area contributed by atoms with Gasteiger partial charge in [-0.25, -0.2) is 0 Å². The lowest BCUT2D eigenvalue weighted by Gasteiger charge is -2.45. The highest BCUT2D eigenvalue weighted by molar-refractivity contribution is 5.93. The standard InChI is InChI=1S/C40H44N4O5/c1-28(46)41-24-33-7-5-6-10-36(33)30-15-17-32(18-16-30)38-48-35(23-37(49-38)31-13-11-29(26-45)12-14-31)25-43-21-19-40(20-22-43)39(47)42-27-44(40)34-8-3-2-4-9-34/h2-18,35,37-38,45H,19-27H2,1H3,(H,41,46)(H,42,47)/t35-,37+,38+/m1/s1. The Labute approximate surface area is 287 Å². The lowest BCUT2D eigenvalue weighted by molar-refractivity contribution is -0.253. The third kappa shape index (κ3) is 7.12. The van der Waals surface area contributed by atoms with Gasteiger partial charge in [0.2, 0.25) is 11.8 Å². The van der Waals surface area contributed by atoms with Crippen molar-refractivity contribution in [2.75, 3.05) is 31.2 Å². The van der Waals surface area contributed by atoms with E-state index in [1.165, 1.54) is 6.92 Å². The summed E-state index contributed by atoms with van der Waals surface area (Å²) in [5, 5.41) is 15.6. The molecule has 0 bridgehead atoms. The number of nitrogens with one attached hydrogen (secondary N) is 2. The van der Waals surface area contributed by atoms with Gasteiger partial charge in [-0.3, -0.25) is 9.59 Å². The molecular weight excluding hydrogens is 616 g/mol.